The van der Waals surface area contributed by atoms with Crippen LogP contribution in [0, 0.1) is 5.82 Å². The molecule has 2 aromatic rings. The lowest BCUT2D eigenvalue weighted by atomic mass is 10.1. The quantitative estimate of drug-likeness (QED) is 0.812. The molecule has 0 bridgehead atoms. The summed E-state index contributed by atoms with van der Waals surface area (Å²) in [5.74, 6) is 0.960. The number of carbonyl (C=O) groups excluding carboxylic acids is 1. The van der Waals surface area contributed by atoms with Crippen molar-refractivity contribution in [3.63, 3.8) is 0 Å². The fraction of sp³-hybridized carbons (Fsp3) is 0.316. The molecule has 1 aliphatic rings. The van der Waals surface area contributed by atoms with Crippen LogP contribution in [0.5, 0.6) is 11.5 Å². The summed E-state index contributed by atoms with van der Waals surface area (Å²) in [5.41, 5.74) is 1.41. The summed E-state index contributed by atoms with van der Waals surface area (Å²) in [5, 5.41) is 0. The predicted octanol–water partition coefficient (Wildman–Crippen LogP) is 3.65. The standard InChI is InChI=1S/C19H20FNO3/c1-23-17-10-5-14(18(11-17)24-2)12-21(16-8-9-16)19(22)13-3-6-15(20)7-4-13/h3-7,10-11,16H,8-9,12H2,1-2H3. The Morgan fingerprint density at radius 1 is 1.12 bits per heavy atom. The zero-order chi connectivity index (χ0) is 17.1. The van der Waals surface area contributed by atoms with Crippen molar-refractivity contribution < 1.29 is 18.7 Å². The summed E-state index contributed by atoms with van der Waals surface area (Å²) >= 11 is 0. The minimum atomic E-state index is -0.346. The molecule has 0 radical (unpaired) electrons. The van der Waals surface area contributed by atoms with E-state index in [0.717, 1.165) is 18.4 Å². The van der Waals surface area contributed by atoms with E-state index in [1.165, 1.54) is 24.3 Å². The topological polar surface area (TPSA) is 38.8 Å². The monoisotopic (exact) mass is 329 g/mol. The van der Waals surface area contributed by atoms with Gasteiger partial charge in [0, 0.05) is 29.8 Å². The van der Waals surface area contributed by atoms with Gasteiger partial charge in [-0.05, 0) is 49.2 Å². The summed E-state index contributed by atoms with van der Waals surface area (Å²) in [6, 6.07) is 11.5. The van der Waals surface area contributed by atoms with E-state index in [1.54, 1.807) is 14.2 Å². The van der Waals surface area contributed by atoms with Gasteiger partial charge in [-0.1, -0.05) is 0 Å². The SMILES string of the molecule is COc1ccc(CN(C(=O)c2ccc(F)cc2)C2CC2)c(OC)c1. The molecule has 1 amide bonds. The van der Waals surface area contributed by atoms with Crippen LogP contribution in [0.4, 0.5) is 4.39 Å². The molecule has 0 saturated heterocycles. The highest BCUT2D eigenvalue weighted by atomic mass is 19.1. The van der Waals surface area contributed by atoms with Crippen LogP contribution in [0.2, 0.25) is 0 Å². The largest absolute Gasteiger partial charge is 0.497 e. The van der Waals surface area contributed by atoms with Crippen molar-refractivity contribution in [1.82, 2.24) is 4.90 Å². The zero-order valence-electron chi connectivity index (χ0n) is 13.8. The van der Waals surface area contributed by atoms with Crippen molar-refractivity contribution in [3.05, 3.63) is 59.4 Å². The summed E-state index contributed by atoms with van der Waals surface area (Å²) in [6.07, 6.45) is 1.98. The van der Waals surface area contributed by atoms with E-state index >= 15 is 0 Å². The normalized spacial score (nSPS) is 13.5. The molecule has 24 heavy (non-hydrogen) atoms. The molecule has 0 atom stereocenters. The second kappa shape index (κ2) is 6.91. The Morgan fingerprint density at radius 2 is 1.83 bits per heavy atom. The first-order valence-corrected chi connectivity index (χ1v) is 7.90. The van der Waals surface area contributed by atoms with Gasteiger partial charge in [0.15, 0.2) is 0 Å². The highest BCUT2D eigenvalue weighted by Crippen LogP contribution is 2.33. The second-order valence-corrected chi connectivity index (χ2v) is 5.85. The number of amides is 1. The van der Waals surface area contributed by atoms with Crippen LogP contribution < -0.4 is 9.47 Å². The minimum Gasteiger partial charge on any atom is -0.497 e. The van der Waals surface area contributed by atoms with E-state index in [0.29, 0.717) is 23.6 Å². The molecule has 1 aliphatic carbocycles. The first-order valence-electron chi connectivity index (χ1n) is 7.90. The molecule has 4 nitrogen and oxygen atoms in total. The lowest BCUT2D eigenvalue weighted by molar-refractivity contribution is 0.0728. The second-order valence-electron chi connectivity index (χ2n) is 5.85. The number of ether oxygens (including phenoxy) is 2. The first kappa shape index (κ1) is 16.3. The molecule has 2 aromatic carbocycles. The van der Waals surface area contributed by atoms with E-state index in [4.69, 9.17) is 9.47 Å². The number of rotatable bonds is 6. The van der Waals surface area contributed by atoms with Gasteiger partial charge in [-0.2, -0.15) is 0 Å². The number of hydrogen-bond donors (Lipinski definition) is 0. The van der Waals surface area contributed by atoms with Crippen LogP contribution in [0.3, 0.4) is 0 Å². The van der Waals surface area contributed by atoms with Crippen LogP contribution in [0.25, 0.3) is 0 Å². The molecule has 0 N–H and O–H groups in total. The van der Waals surface area contributed by atoms with E-state index in [2.05, 4.69) is 0 Å². The lowest BCUT2D eigenvalue weighted by Crippen LogP contribution is -2.32. The molecule has 0 spiro atoms. The maximum atomic E-state index is 13.1. The molecule has 0 aliphatic heterocycles. The Labute approximate surface area is 140 Å². The molecular formula is C19H20FNO3. The zero-order valence-corrected chi connectivity index (χ0v) is 13.8. The highest BCUT2D eigenvalue weighted by Gasteiger charge is 2.33. The van der Waals surface area contributed by atoms with Crippen molar-refractivity contribution in [1.29, 1.82) is 0 Å². The summed E-state index contributed by atoms with van der Waals surface area (Å²) < 4.78 is 23.7. The average Bonchev–Trinajstić information content (AvgIpc) is 3.44. The van der Waals surface area contributed by atoms with Gasteiger partial charge in [-0.15, -0.1) is 0 Å². The Balaban J connectivity index is 1.84. The molecular weight excluding hydrogens is 309 g/mol. The van der Waals surface area contributed by atoms with Gasteiger partial charge < -0.3 is 14.4 Å². The van der Waals surface area contributed by atoms with Crippen LogP contribution in [0.15, 0.2) is 42.5 Å². The van der Waals surface area contributed by atoms with Gasteiger partial charge >= 0.3 is 0 Å². The summed E-state index contributed by atoms with van der Waals surface area (Å²) in [6.45, 7) is 0.452. The third-order valence-corrected chi connectivity index (χ3v) is 4.17. The number of benzene rings is 2. The Morgan fingerprint density at radius 3 is 2.42 bits per heavy atom. The number of halogens is 1. The van der Waals surface area contributed by atoms with Gasteiger partial charge in [0.25, 0.3) is 5.91 Å². The van der Waals surface area contributed by atoms with Gasteiger partial charge in [0.05, 0.1) is 14.2 Å². The number of nitrogens with zero attached hydrogens (tertiary/aromatic N) is 1. The van der Waals surface area contributed by atoms with Gasteiger partial charge in [0.2, 0.25) is 0 Å². The van der Waals surface area contributed by atoms with Crippen LogP contribution in [0.1, 0.15) is 28.8 Å². The molecule has 126 valence electrons. The number of hydrogen-bond acceptors (Lipinski definition) is 3. The molecule has 0 unspecified atom stereocenters. The summed E-state index contributed by atoms with van der Waals surface area (Å²) in [7, 11) is 3.20. The van der Waals surface area contributed by atoms with Crippen LogP contribution >= 0.6 is 0 Å². The number of carbonyl (C=O) groups is 1. The maximum Gasteiger partial charge on any atom is 0.254 e. The highest BCUT2D eigenvalue weighted by molar-refractivity contribution is 5.94. The Bertz CT molecular complexity index is 726. The van der Waals surface area contributed by atoms with Gasteiger partial charge in [-0.3, -0.25) is 4.79 Å². The van der Waals surface area contributed by atoms with Gasteiger partial charge in [0.1, 0.15) is 17.3 Å². The number of methoxy groups -OCH3 is 2. The lowest BCUT2D eigenvalue weighted by Gasteiger charge is -2.24. The molecule has 0 heterocycles. The van der Waals surface area contributed by atoms with Crippen molar-refractivity contribution in [2.45, 2.75) is 25.4 Å². The molecule has 1 fully saturated rings. The summed E-state index contributed by atoms with van der Waals surface area (Å²) in [4.78, 5) is 14.6. The molecule has 0 aromatic heterocycles. The van der Waals surface area contributed by atoms with Gasteiger partial charge in [-0.25, -0.2) is 4.39 Å². The van der Waals surface area contributed by atoms with E-state index in [1.807, 2.05) is 23.1 Å². The van der Waals surface area contributed by atoms with E-state index in [9.17, 15) is 9.18 Å². The third-order valence-electron chi connectivity index (χ3n) is 4.17. The Hall–Kier alpha value is -2.56. The molecule has 3 rings (SSSR count). The third kappa shape index (κ3) is 3.50. The maximum absolute atomic E-state index is 13.1. The fourth-order valence-electron chi connectivity index (χ4n) is 2.68. The van der Waals surface area contributed by atoms with Crippen molar-refractivity contribution in [2.24, 2.45) is 0 Å². The average molecular weight is 329 g/mol. The minimum absolute atomic E-state index is 0.0876. The van der Waals surface area contributed by atoms with Crippen LogP contribution in [-0.4, -0.2) is 31.1 Å². The van der Waals surface area contributed by atoms with Crippen molar-refractivity contribution in [2.75, 3.05) is 14.2 Å². The van der Waals surface area contributed by atoms with Crippen LogP contribution in [-0.2, 0) is 6.54 Å². The smallest absolute Gasteiger partial charge is 0.254 e. The van der Waals surface area contributed by atoms with E-state index < -0.39 is 0 Å². The van der Waals surface area contributed by atoms with Crippen molar-refractivity contribution >= 4 is 5.91 Å². The predicted molar refractivity (Wildman–Crippen MR) is 88.8 cm³/mol. The fourth-order valence-corrected chi connectivity index (χ4v) is 2.68. The van der Waals surface area contributed by atoms with Crippen molar-refractivity contribution in [3.8, 4) is 11.5 Å². The Kier molecular flexibility index (Phi) is 4.69. The molecule has 5 heteroatoms. The first-order chi connectivity index (χ1) is 11.6. The molecule has 1 saturated carbocycles. The van der Waals surface area contributed by atoms with E-state index in [-0.39, 0.29) is 17.8 Å².